The lowest BCUT2D eigenvalue weighted by Crippen LogP contribution is -2.50. The maximum absolute atomic E-state index is 9.43. The Bertz CT molecular complexity index is 586. The summed E-state index contributed by atoms with van der Waals surface area (Å²) in [5.41, 5.74) is 1.33. The van der Waals surface area contributed by atoms with Crippen LogP contribution < -0.4 is 5.32 Å². The van der Waals surface area contributed by atoms with Crippen molar-refractivity contribution in [3.05, 3.63) is 18.0 Å². The van der Waals surface area contributed by atoms with Gasteiger partial charge in [-0.25, -0.2) is 0 Å². The van der Waals surface area contributed by atoms with E-state index >= 15 is 0 Å². The molecule has 7 nitrogen and oxygen atoms in total. The molecule has 2 fully saturated rings. The first-order chi connectivity index (χ1) is 12.2. The number of aryl methyl sites for hydroxylation is 1. The molecule has 1 saturated heterocycles. The summed E-state index contributed by atoms with van der Waals surface area (Å²) >= 11 is 0. The Labute approximate surface area is 173 Å². The van der Waals surface area contributed by atoms with E-state index in [-0.39, 0.29) is 42.1 Å². The summed E-state index contributed by atoms with van der Waals surface area (Å²) in [5, 5.41) is 17.3. The standard InChI is InChI=1S/C18H31N5O2.HI/c1-19-17(20-14-18(7-9-24)5-3-4-6-18)23-8-10-25-16(13-23)15-11-21-22(2)12-15;/h11-12,16,24H,3-10,13-14H2,1-2H3,(H,19,20);1H. The second kappa shape index (κ2) is 9.89. The van der Waals surface area contributed by atoms with Crippen molar-refractivity contribution in [2.45, 2.75) is 38.2 Å². The molecule has 1 saturated carbocycles. The van der Waals surface area contributed by atoms with Gasteiger partial charge in [0.2, 0.25) is 0 Å². The molecule has 0 bridgehead atoms. The largest absolute Gasteiger partial charge is 0.396 e. The monoisotopic (exact) mass is 477 g/mol. The maximum atomic E-state index is 9.43. The van der Waals surface area contributed by atoms with E-state index in [4.69, 9.17) is 4.74 Å². The molecule has 0 spiro atoms. The number of hydrogen-bond acceptors (Lipinski definition) is 4. The number of aromatic nitrogens is 2. The van der Waals surface area contributed by atoms with Gasteiger partial charge in [-0.05, 0) is 24.7 Å². The molecule has 2 heterocycles. The second-order valence-electron chi connectivity index (χ2n) is 7.33. The van der Waals surface area contributed by atoms with Crippen molar-refractivity contribution >= 4 is 29.9 Å². The first-order valence-corrected chi connectivity index (χ1v) is 9.32. The normalized spacial score (nSPS) is 23.0. The minimum atomic E-state index is 0. The van der Waals surface area contributed by atoms with Gasteiger partial charge in [0, 0.05) is 45.6 Å². The van der Waals surface area contributed by atoms with Crippen LogP contribution in [0.2, 0.25) is 0 Å². The van der Waals surface area contributed by atoms with Crippen molar-refractivity contribution in [2.24, 2.45) is 17.5 Å². The maximum Gasteiger partial charge on any atom is 0.193 e. The predicted molar refractivity (Wildman–Crippen MR) is 113 cm³/mol. The molecular formula is C18H32IN5O2. The number of rotatable bonds is 5. The van der Waals surface area contributed by atoms with Crippen molar-refractivity contribution in [2.75, 3.05) is 39.9 Å². The SMILES string of the molecule is CN=C(NCC1(CCO)CCCC1)N1CCOC(c2cnn(C)c2)C1.I. The molecule has 1 aliphatic heterocycles. The van der Waals surface area contributed by atoms with E-state index in [0.29, 0.717) is 6.61 Å². The van der Waals surface area contributed by atoms with Crippen molar-refractivity contribution in [1.29, 1.82) is 0 Å². The van der Waals surface area contributed by atoms with Crippen LogP contribution >= 0.6 is 24.0 Å². The average molecular weight is 477 g/mol. The molecule has 2 aliphatic rings. The number of aliphatic hydroxyl groups is 1. The zero-order valence-electron chi connectivity index (χ0n) is 15.9. The molecule has 0 aromatic carbocycles. The first-order valence-electron chi connectivity index (χ1n) is 9.32. The van der Waals surface area contributed by atoms with Crippen LogP contribution in [0.4, 0.5) is 0 Å². The third-order valence-electron chi connectivity index (χ3n) is 5.60. The van der Waals surface area contributed by atoms with Crippen LogP contribution in [0.25, 0.3) is 0 Å². The van der Waals surface area contributed by atoms with Gasteiger partial charge in [0.15, 0.2) is 5.96 Å². The smallest absolute Gasteiger partial charge is 0.193 e. The number of ether oxygens (including phenoxy) is 1. The average Bonchev–Trinajstić information content (AvgIpc) is 3.26. The van der Waals surface area contributed by atoms with Crippen LogP contribution in [0.5, 0.6) is 0 Å². The highest BCUT2D eigenvalue weighted by Crippen LogP contribution is 2.40. The van der Waals surface area contributed by atoms with Gasteiger partial charge in [-0.2, -0.15) is 5.10 Å². The Hall–Kier alpha value is -0.870. The van der Waals surface area contributed by atoms with E-state index in [0.717, 1.165) is 37.6 Å². The lowest BCUT2D eigenvalue weighted by Gasteiger charge is -2.36. The lowest BCUT2D eigenvalue weighted by atomic mass is 9.83. The Morgan fingerprint density at radius 2 is 2.23 bits per heavy atom. The summed E-state index contributed by atoms with van der Waals surface area (Å²) in [7, 11) is 3.76. The van der Waals surface area contributed by atoms with Crippen LogP contribution in [0.1, 0.15) is 43.8 Å². The molecule has 1 aromatic rings. The van der Waals surface area contributed by atoms with Crippen LogP contribution in [0.15, 0.2) is 17.4 Å². The van der Waals surface area contributed by atoms with Gasteiger partial charge in [-0.1, -0.05) is 12.8 Å². The number of nitrogens with zero attached hydrogens (tertiary/aromatic N) is 4. The summed E-state index contributed by atoms with van der Waals surface area (Å²) in [6.07, 6.45) is 9.70. The summed E-state index contributed by atoms with van der Waals surface area (Å²) in [6, 6.07) is 0. The molecule has 8 heteroatoms. The fourth-order valence-corrected chi connectivity index (χ4v) is 4.13. The Morgan fingerprint density at radius 1 is 1.46 bits per heavy atom. The molecular weight excluding hydrogens is 445 g/mol. The summed E-state index contributed by atoms with van der Waals surface area (Å²) in [6.45, 7) is 3.44. The van der Waals surface area contributed by atoms with E-state index in [2.05, 4.69) is 20.3 Å². The Balaban J connectivity index is 0.00000243. The molecule has 3 rings (SSSR count). The number of aliphatic imine (C=N–C) groups is 1. The van der Waals surface area contributed by atoms with Gasteiger partial charge >= 0.3 is 0 Å². The number of aliphatic hydroxyl groups excluding tert-OH is 1. The topological polar surface area (TPSA) is 74.9 Å². The fraction of sp³-hybridized carbons (Fsp3) is 0.778. The van der Waals surface area contributed by atoms with Gasteiger partial charge in [-0.15, -0.1) is 24.0 Å². The van der Waals surface area contributed by atoms with Crippen LogP contribution in [0.3, 0.4) is 0 Å². The van der Waals surface area contributed by atoms with Gasteiger partial charge in [0.25, 0.3) is 0 Å². The third kappa shape index (κ3) is 5.10. The Morgan fingerprint density at radius 3 is 2.85 bits per heavy atom. The van der Waals surface area contributed by atoms with E-state index in [1.54, 1.807) is 0 Å². The van der Waals surface area contributed by atoms with Gasteiger partial charge in [0.1, 0.15) is 6.10 Å². The zero-order valence-corrected chi connectivity index (χ0v) is 18.2. The fourth-order valence-electron chi connectivity index (χ4n) is 4.13. The first kappa shape index (κ1) is 21.4. The summed E-state index contributed by atoms with van der Waals surface area (Å²) in [5.74, 6) is 0.932. The highest BCUT2D eigenvalue weighted by molar-refractivity contribution is 14.0. The number of halogens is 1. The van der Waals surface area contributed by atoms with Gasteiger partial charge in [0.05, 0.1) is 19.3 Å². The van der Waals surface area contributed by atoms with Gasteiger partial charge in [-0.3, -0.25) is 9.67 Å². The van der Waals surface area contributed by atoms with E-state index in [1.165, 1.54) is 25.7 Å². The highest BCUT2D eigenvalue weighted by Gasteiger charge is 2.34. The predicted octanol–water partition coefficient (Wildman–Crippen LogP) is 1.93. The number of morpholine rings is 1. The van der Waals surface area contributed by atoms with Crippen molar-refractivity contribution in [3.63, 3.8) is 0 Å². The van der Waals surface area contributed by atoms with Gasteiger partial charge < -0.3 is 20.1 Å². The molecule has 1 unspecified atom stereocenters. The lowest BCUT2D eigenvalue weighted by molar-refractivity contribution is -0.00824. The van der Waals surface area contributed by atoms with Crippen LogP contribution in [-0.2, 0) is 11.8 Å². The molecule has 0 amide bonds. The number of hydrogen-bond donors (Lipinski definition) is 2. The minimum Gasteiger partial charge on any atom is -0.396 e. The highest BCUT2D eigenvalue weighted by atomic mass is 127. The molecule has 26 heavy (non-hydrogen) atoms. The van der Waals surface area contributed by atoms with Crippen molar-refractivity contribution in [1.82, 2.24) is 20.0 Å². The molecule has 2 N–H and O–H groups in total. The van der Waals surface area contributed by atoms with Crippen molar-refractivity contribution < 1.29 is 9.84 Å². The Kier molecular flexibility index (Phi) is 8.15. The molecule has 148 valence electrons. The van der Waals surface area contributed by atoms with E-state index in [9.17, 15) is 5.11 Å². The van der Waals surface area contributed by atoms with Crippen LogP contribution in [-0.4, -0.2) is 65.6 Å². The second-order valence-corrected chi connectivity index (χ2v) is 7.33. The van der Waals surface area contributed by atoms with Crippen LogP contribution in [0, 0.1) is 5.41 Å². The molecule has 1 atom stereocenters. The van der Waals surface area contributed by atoms with Crippen molar-refractivity contribution in [3.8, 4) is 0 Å². The van der Waals surface area contributed by atoms with E-state index in [1.807, 2.05) is 31.2 Å². The minimum absolute atomic E-state index is 0. The summed E-state index contributed by atoms with van der Waals surface area (Å²) < 4.78 is 7.74. The quantitative estimate of drug-likeness (QED) is 0.385. The summed E-state index contributed by atoms with van der Waals surface area (Å²) in [4.78, 5) is 6.76. The molecule has 1 aromatic heterocycles. The molecule has 1 aliphatic carbocycles. The third-order valence-corrected chi connectivity index (χ3v) is 5.60. The van der Waals surface area contributed by atoms with E-state index < -0.39 is 0 Å². The number of guanidine groups is 1. The zero-order chi connectivity index (χ0) is 17.7. The number of nitrogens with one attached hydrogen (secondary N) is 1. The molecule has 0 radical (unpaired) electrons.